The highest BCUT2D eigenvalue weighted by Crippen LogP contribution is 2.21. The van der Waals surface area contributed by atoms with E-state index >= 15 is 0 Å². The van der Waals surface area contributed by atoms with E-state index in [1.165, 1.54) is 35.3 Å². The van der Waals surface area contributed by atoms with Gasteiger partial charge in [-0.2, -0.15) is 0 Å². The van der Waals surface area contributed by atoms with E-state index < -0.39 is 0 Å². The van der Waals surface area contributed by atoms with Crippen molar-refractivity contribution >= 4 is 11.3 Å². The smallest absolute Gasteiger partial charge is 0.0317 e. The molecule has 0 radical (unpaired) electrons. The summed E-state index contributed by atoms with van der Waals surface area (Å²) in [5.41, 5.74) is 2.75. The van der Waals surface area contributed by atoms with Crippen molar-refractivity contribution in [1.82, 2.24) is 5.32 Å². The highest BCUT2D eigenvalue weighted by Gasteiger charge is 2.08. The summed E-state index contributed by atoms with van der Waals surface area (Å²) in [6.45, 7) is 2.15. The third-order valence-corrected chi connectivity index (χ3v) is 4.23. The van der Waals surface area contributed by atoms with Gasteiger partial charge in [0.1, 0.15) is 0 Å². The second-order valence-electron chi connectivity index (χ2n) is 4.73. The van der Waals surface area contributed by atoms with Crippen molar-refractivity contribution in [2.45, 2.75) is 32.2 Å². The predicted octanol–water partition coefficient (Wildman–Crippen LogP) is 4.34. The van der Waals surface area contributed by atoms with Crippen LogP contribution in [-0.2, 0) is 6.42 Å². The molecular weight excluding hydrogens is 238 g/mol. The third kappa shape index (κ3) is 3.69. The van der Waals surface area contributed by atoms with Gasteiger partial charge in [-0.25, -0.2) is 0 Å². The lowest BCUT2D eigenvalue weighted by Gasteiger charge is -2.17. The van der Waals surface area contributed by atoms with E-state index in [4.69, 9.17) is 0 Å². The molecule has 1 nitrogen and oxygen atoms in total. The van der Waals surface area contributed by atoms with Crippen molar-refractivity contribution in [3.63, 3.8) is 0 Å². The summed E-state index contributed by atoms with van der Waals surface area (Å²) in [6.07, 6.45) is 3.62. The van der Waals surface area contributed by atoms with Crippen molar-refractivity contribution < 1.29 is 0 Å². The van der Waals surface area contributed by atoms with E-state index in [0.717, 1.165) is 0 Å². The molecule has 1 atom stereocenters. The van der Waals surface area contributed by atoms with Crippen molar-refractivity contribution in [3.05, 3.63) is 57.8 Å². The van der Waals surface area contributed by atoms with Crippen LogP contribution in [0.5, 0.6) is 0 Å². The Balaban J connectivity index is 1.89. The number of benzene rings is 1. The average Bonchev–Trinajstić information content (AvgIpc) is 2.88. The molecule has 2 aromatic rings. The number of thiophene rings is 1. The lowest BCUT2D eigenvalue weighted by Crippen LogP contribution is -2.16. The first-order chi connectivity index (χ1) is 8.79. The second kappa shape index (κ2) is 6.72. The van der Waals surface area contributed by atoms with E-state index in [-0.39, 0.29) is 0 Å². The largest absolute Gasteiger partial charge is 0.313 e. The van der Waals surface area contributed by atoms with E-state index in [2.05, 4.69) is 61.1 Å². The molecule has 1 aromatic heterocycles. The molecule has 1 heterocycles. The normalized spacial score (nSPS) is 12.6. The quantitative estimate of drug-likeness (QED) is 0.813. The van der Waals surface area contributed by atoms with E-state index in [9.17, 15) is 0 Å². The zero-order valence-corrected chi connectivity index (χ0v) is 12.0. The molecule has 2 heteroatoms. The Morgan fingerprint density at radius 3 is 2.78 bits per heavy atom. The topological polar surface area (TPSA) is 12.0 Å². The Bertz CT molecular complexity index is 462. The summed E-state index contributed by atoms with van der Waals surface area (Å²) >= 11 is 1.86. The maximum atomic E-state index is 3.43. The maximum Gasteiger partial charge on any atom is 0.0317 e. The van der Waals surface area contributed by atoms with Crippen molar-refractivity contribution in [3.8, 4) is 0 Å². The summed E-state index contributed by atoms with van der Waals surface area (Å²) < 4.78 is 0. The minimum atomic E-state index is 0.477. The highest BCUT2D eigenvalue weighted by atomic mass is 32.1. The molecule has 1 unspecified atom stereocenters. The number of hydrogen-bond acceptors (Lipinski definition) is 2. The van der Waals surface area contributed by atoms with Gasteiger partial charge in [-0.1, -0.05) is 35.9 Å². The number of rotatable bonds is 6. The summed E-state index contributed by atoms with van der Waals surface area (Å²) in [5.74, 6) is 0. The number of nitrogens with one attached hydrogen (secondary N) is 1. The molecule has 0 aliphatic carbocycles. The first-order valence-electron chi connectivity index (χ1n) is 6.56. The van der Waals surface area contributed by atoms with Crippen LogP contribution < -0.4 is 5.32 Å². The fourth-order valence-corrected chi connectivity index (χ4v) is 3.05. The lowest BCUT2D eigenvalue weighted by atomic mass is 9.99. The van der Waals surface area contributed by atoms with Crippen molar-refractivity contribution in [2.24, 2.45) is 0 Å². The van der Waals surface area contributed by atoms with Crippen LogP contribution in [-0.4, -0.2) is 7.05 Å². The standard InChI is InChI=1S/C16H21NS/c1-13-6-3-7-14(12-13)16(17-2)10-4-8-15-9-5-11-18-15/h3,5-7,9,11-12,16-17H,4,8,10H2,1-2H3. The van der Waals surface area contributed by atoms with Crippen LogP contribution in [0.2, 0.25) is 0 Å². The summed E-state index contributed by atoms with van der Waals surface area (Å²) in [5, 5.41) is 5.59. The molecule has 1 N–H and O–H groups in total. The van der Waals surface area contributed by atoms with Gasteiger partial charge in [0.15, 0.2) is 0 Å². The third-order valence-electron chi connectivity index (χ3n) is 3.29. The zero-order valence-electron chi connectivity index (χ0n) is 11.1. The van der Waals surface area contributed by atoms with Crippen LogP contribution >= 0.6 is 11.3 Å². The van der Waals surface area contributed by atoms with Crippen molar-refractivity contribution in [2.75, 3.05) is 7.05 Å². The molecule has 1 aromatic carbocycles. The minimum Gasteiger partial charge on any atom is -0.313 e. The number of hydrogen-bond donors (Lipinski definition) is 1. The van der Waals surface area contributed by atoms with Crippen LogP contribution in [0.4, 0.5) is 0 Å². The zero-order chi connectivity index (χ0) is 12.8. The van der Waals surface area contributed by atoms with E-state index in [1.807, 2.05) is 11.3 Å². The van der Waals surface area contributed by atoms with Gasteiger partial charge in [0.05, 0.1) is 0 Å². The van der Waals surface area contributed by atoms with Gasteiger partial charge in [-0.3, -0.25) is 0 Å². The van der Waals surface area contributed by atoms with Crippen LogP contribution in [0, 0.1) is 6.92 Å². The highest BCUT2D eigenvalue weighted by molar-refractivity contribution is 7.09. The maximum absolute atomic E-state index is 3.43. The molecule has 0 spiro atoms. The Hall–Kier alpha value is -1.12. The van der Waals surface area contributed by atoms with Gasteiger partial charge < -0.3 is 5.32 Å². The van der Waals surface area contributed by atoms with Gasteiger partial charge in [0, 0.05) is 10.9 Å². The van der Waals surface area contributed by atoms with Gasteiger partial charge in [0.25, 0.3) is 0 Å². The fourth-order valence-electron chi connectivity index (χ4n) is 2.30. The Morgan fingerprint density at radius 1 is 1.22 bits per heavy atom. The van der Waals surface area contributed by atoms with E-state index in [0.29, 0.717) is 6.04 Å². The average molecular weight is 259 g/mol. The van der Waals surface area contributed by atoms with Gasteiger partial charge in [-0.05, 0) is 50.2 Å². The molecule has 0 aliphatic rings. The molecule has 0 aliphatic heterocycles. The minimum absolute atomic E-state index is 0.477. The monoisotopic (exact) mass is 259 g/mol. The van der Waals surface area contributed by atoms with Crippen LogP contribution in [0.15, 0.2) is 41.8 Å². The molecule has 0 saturated heterocycles. The SMILES string of the molecule is CNC(CCCc1cccs1)c1cccc(C)c1. The first kappa shape index (κ1) is 13.3. The van der Waals surface area contributed by atoms with Crippen LogP contribution in [0.1, 0.15) is 34.9 Å². The Morgan fingerprint density at radius 2 is 2.11 bits per heavy atom. The molecule has 0 saturated carbocycles. The van der Waals surface area contributed by atoms with Gasteiger partial charge in [-0.15, -0.1) is 11.3 Å². The molecule has 0 amide bonds. The lowest BCUT2D eigenvalue weighted by molar-refractivity contribution is 0.528. The van der Waals surface area contributed by atoms with Crippen LogP contribution in [0.3, 0.4) is 0 Å². The Labute approximate surface area is 114 Å². The van der Waals surface area contributed by atoms with Gasteiger partial charge in [0.2, 0.25) is 0 Å². The molecule has 96 valence electrons. The molecule has 0 bridgehead atoms. The molecular formula is C16H21NS. The summed E-state index contributed by atoms with van der Waals surface area (Å²) in [6, 6.07) is 13.6. The molecule has 2 rings (SSSR count). The van der Waals surface area contributed by atoms with Gasteiger partial charge >= 0.3 is 0 Å². The van der Waals surface area contributed by atoms with Crippen molar-refractivity contribution in [1.29, 1.82) is 0 Å². The number of aryl methyl sites for hydroxylation is 2. The predicted molar refractivity (Wildman–Crippen MR) is 80.2 cm³/mol. The molecule has 18 heavy (non-hydrogen) atoms. The fraction of sp³-hybridized carbons (Fsp3) is 0.375. The Kier molecular flexibility index (Phi) is 4.97. The molecule has 0 fully saturated rings. The van der Waals surface area contributed by atoms with Crippen LogP contribution in [0.25, 0.3) is 0 Å². The summed E-state index contributed by atoms with van der Waals surface area (Å²) in [4.78, 5) is 1.49. The summed E-state index contributed by atoms with van der Waals surface area (Å²) in [7, 11) is 2.05. The second-order valence-corrected chi connectivity index (χ2v) is 5.76. The first-order valence-corrected chi connectivity index (χ1v) is 7.44. The van der Waals surface area contributed by atoms with E-state index in [1.54, 1.807) is 0 Å².